The van der Waals surface area contributed by atoms with Crippen molar-refractivity contribution in [2.75, 3.05) is 25.5 Å². The van der Waals surface area contributed by atoms with Crippen molar-refractivity contribution in [3.8, 4) is 0 Å². The van der Waals surface area contributed by atoms with E-state index in [4.69, 9.17) is 5.73 Å². The monoisotopic (exact) mass is 513 g/mol. The van der Waals surface area contributed by atoms with Gasteiger partial charge >= 0.3 is 0 Å². The number of carbonyl (C=O) groups excluding carboxylic acids is 2. The lowest BCUT2D eigenvalue weighted by atomic mass is 9.82. The molecule has 0 spiro atoms. The number of aromatic nitrogens is 1. The lowest BCUT2D eigenvalue weighted by Gasteiger charge is -2.41. The van der Waals surface area contributed by atoms with Gasteiger partial charge in [-0.05, 0) is 75.9 Å². The summed E-state index contributed by atoms with van der Waals surface area (Å²) in [5.74, 6) is -0.720. The number of pyridine rings is 1. The van der Waals surface area contributed by atoms with Gasteiger partial charge in [0.25, 0.3) is 0 Å². The Morgan fingerprint density at radius 1 is 1.05 bits per heavy atom. The van der Waals surface area contributed by atoms with E-state index in [1.54, 1.807) is 49.0 Å². The first kappa shape index (κ1) is 27.0. The molecule has 2 aromatic rings. The second kappa shape index (κ2) is 11.5. The summed E-state index contributed by atoms with van der Waals surface area (Å²) in [7, 11) is 3.58. The molecule has 2 aliphatic rings. The number of amides is 2. The average molecular weight is 514 g/mol. The van der Waals surface area contributed by atoms with Crippen molar-refractivity contribution in [2.45, 2.75) is 70.0 Å². The number of likely N-dealkylation sites (N-methyl/N-ethyl adjacent to an activating group) is 1. The van der Waals surface area contributed by atoms with Crippen molar-refractivity contribution in [3.63, 3.8) is 0 Å². The number of nitrogens with zero attached hydrogens (tertiary/aromatic N) is 4. The van der Waals surface area contributed by atoms with Gasteiger partial charge in [0.15, 0.2) is 0 Å². The number of carbonyl (C=O) groups is 2. The Morgan fingerprint density at radius 2 is 1.73 bits per heavy atom. The molecule has 1 aromatic heterocycles. The summed E-state index contributed by atoms with van der Waals surface area (Å²) in [6, 6.07) is 6.16. The highest BCUT2D eigenvalue weighted by atomic mass is 19.1. The molecule has 1 aromatic carbocycles. The second-order valence-corrected chi connectivity index (χ2v) is 10.4. The zero-order chi connectivity index (χ0) is 26.7. The molecule has 37 heavy (non-hydrogen) atoms. The first-order valence-corrected chi connectivity index (χ1v) is 13.2. The number of halogens is 2. The van der Waals surface area contributed by atoms with Crippen molar-refractivity contribution in [1.82, 2.24) is 14.8 Å². The van der Waals surface area contributed by atoms with E-state index in [9.17, 15) is 14.0 Å². The van der Waals surface area contributed by atoms with E-state index in [0.29, 0.717) is 30.0 Å². The van der Waals surface area contributed by atoms with Crippen LogP contribution in [0.1, 0.15) is 63.5 Å². The van der Waals surface area contributed by atoms with Gasteiger partial charge in [-0.25, -0.2) is 13.8 Å². The first-order valence-electron chi connectivity index (χ1n) is 13.2. The molecule has 200 valence electrons. The summed E-state index contributed by atoms with van der Waals surface area (Å²) < 4.78 is 28.6. The van der Waals surface area contributed by atoms with Gasteiger partial charge in [0.05, 0.1) is 24.3 Å². The van der Waals surface area contributed by atoms with Crippen molar-refractivity contribution in [1.29, 1.82) is 0 Å². The minimum Gasteiger partial charge on any atom is -0.368 e. The minimum absolute atomic E-state index is 0.0744. The van der Waals surface area contributed by atoms with Gasteiger partial charge in [0, 0.05) is 24.8 Å². The number of primary amides is 1. The molecular weight excluding hydrogens is 476 g/mol. The van der Waals surface area contributed by atoms with E-state index in [0.717, 1.165) is 38.5 Å². The minimum atomic E-state index is -0.592. The summed E-state index contributed by atoms with van der Waals surface area (Å²) in [5.41, 5.74) is 6.74. The quantitative estimate of drug-likeness (QED) is 0.560. The summed E-state index contributed by atoms with van der Waals surface area (Å²) in [6.07, 6.45) is 7.66. The second-order valence-electron chi connectivity index (χ2n) is 10.4. The Balaban J connectivity index is 1.64. The van der Waals surface area contributed by atoms with Crippen LogP contribution in [0.2, 0.25) is 0 Å². The van der Waals surface area contributed by atoms with Crippen LogP contribution < -0.4 is 10.6 Å². The third-order valence-electron chi connectivity index (χ3n) is 8.13. The maximum Gasteiger partial charge on any atom is 0.240 e. The molecule has 7 nitrogen and oxygen atoms in total. The number of anilines is 2. The highest BCUT2D eigenvalue weighted by Crippen LogP contribution is 2.38. The van der Waals surface area contributed by atoms with Crippen LogP contribution in [-0.2, 0) is 9.59 Å². The van der Waals surface area contributed by atoms with Crippen LogP contribution in [-0.4, -0.2) is 59.3 Å². The number of hydrogen-bond acceptors (Lipinski definition) is 5. The average Bonchev–Trinajstić information content (AvgIpc) is 3.39. The first-order chi connectivity index (χ1) is 17.7. The fourth-order valence-electron chi connectivity index (χ4n) is 5.80. The molecule has 3 atom stereocenters. The Labute approximate surface area is 217 Å². The maximum absolute atomic E-state index is 15.2. The van der Waals surface area contributed by atoms with Crippen LogP contribution in [0.4, 0.5) is 20.3 Å². The molecule has 1 aliphatic carbocycles. The zero-order valence-corrected chi connectivity index (χ0v) is 21.9. The summed E-state index contributed by atoms with van der Waals surface area (Å²) >= 11 is 0. The summed E-state index contributed by atoms with van der Waals surface area (Å²) in [6.45, 7) is 2.25. The number of hydrogen-bond donors (Lipinski definition) is 1. The molecule has 0 radical (unpaired) electrons. The summed E-state index contributed by atoms with van der Waals surface area (Å²) in [5, 5.41) is 0. The van der Waals surface area contributed by atoms with Gasteiger partial charge in [0.1, 0.15) is 17.5 Å². The van der Waals surface area contributed by atoms with Gasteiger partial charge < -0.3 is 15.5 Å². The summed E-state index contributed by atoms with van der Waals surface area (Å²) in [4.78, 5) is 35.7. The lowest BCUT2D eigenvalue weighted by Crippen LogP contribution is -2.56. The molecule has 1 saturated heterocycles. The number of rotatable bonds is 8. The number of likely N-dealkylation sites (tertiary alicyclic amines) is 1. The third-order valence-corrected chi connectivity index (χ3v) is 8.13. The van der Waals surface area contributed by atoms with Crippen molar-refractivity contribution in [3.05, 3.63) is 53.7 Å². The van der Waals surface area contributed by atoms with Gasteiger partial charge in [-0.15, -0.1) is 0 Å². The lowest BCUT2D eigenvalue weighted by molar-refractivity contribution is -0.142. The van der Waals surface area contributed by atoms with Gasteiger partial charge in [-0.2, -0.15) is 0 Å². The molecule has 1 saturated carbocycles. The molecule has 2 amide bonds. The normalized spacial score (nSPS) is 20.2. The van der Waals surface area contributed by atoms with Crippen LogP contribution >= 0.6 is 0 Å². The predicted octanol–water partition coefficient (Wildman–Crippen LogP) is 4.55. The predicted molar refractivity (Wildman–Crippen MR) is 139 cm³/mol. The van der Waals surface area contributed by atoms with Gasteiger partial charge in [0.2, 0.25) is 11.8 Å². The largest absolute Gasteiger partial charge is 0.368 e. The molecule has 0 bridgehead atoms. The topological polar surface area (TPSA) is 82.8 Å². The van der Waals surface area contributed by atoms with E-state index < -0.39 is 29.8 Å². The van der Waals surface area contributed by atoms with E-state index in [1.807, 2.05) is 4.90 Å². The van der Waals surface area contributed by atoms with Crippen molar-refractivity contribution in [2.24, 2.45) is 11.7 Å². The van der Waals surface area contributed by atoms with Crippen LogP contribution in [0, 0.1) is 17.6 Å². The number of benzene rings is 1. The Kier molecular flexibility index (Phi) is 8.42. The fraction of sp³-hybridized carbons (Fsp3) is 0.536. The Morgan fingerprint density at radius 3 is 2.38 bits per heavy atom. The molecule has 9 heteroatoms. The standard InChI is InChI=1S/C28H37F2N5O2/c1-18(27(31)36)33(2)26(19-8-5-4-6-9-19)28(37)35-15-7-10-24(35)22-16-25(32-17-23(22)30)34(3)21-13-11-20(29)12-14-21/h11-14,16-19,24,26H,4-10,15H2,1-3H3,(H2,31,36)/t18?,24?,26-/m0/s1. The van der Waals surface area contributed by atoms with Crippen LogP contribution in [0.15, 0.2) is 36.5 Å². The maximum atomic E-state index is 15.2. The van der Waals surface area contributed by atoms with E-state index in [-0.39, 0.29) is 17.6 Å². The van der Waals surface area contributed by atoms with Crippen LogP contribution in [0.25, 0.3) is 0 Å². The highest BCUT2D eigenvalue weighted by Gasteiger charge is 2.42. The van der Waals surface area contributed by atoms with E-state index in [2.05, 4.69) is 4.98 Å². The molecule has 2 N–H and O–H groups in total. The zero-order valence-electron chi connectivity index (χ0n) is 21.9. The fourth-order valence-corrected chi connectivity index (χ4v) is 5.80. The van der Waals surface area contributed by atoms with E-state index in [1.165, 1.54) is 18.3 Å². The highest BCUT2D eigenvalue weighted by molar-refractivity contribution is 5.85. The molecule has 4 rings (SSSR count). The molecule has 2 fully saturated rings. The molecular formula is C28H37F2N5O2. The SMILES string of the molecule is CC(C(N)=O)N(C)[C@H](C(=O)N1CCCC1c1cc(N(C)c2ccc(F)cc2)ncc1F)C1CCCCC1. The van der Waals surface area contributed by atoms with Crippen molar-refractivity contribution < 1.29 is 18.4 Å². The Hall–Kier alpha value is -3.07. The smallest absolute Gasteiger partial charge is 0.240 e. The molecule has 1 aliphatic heterocycles. The van der Waals surface area contributed by atoms with Crippen LogP contribution in [0.3, 0.4) is 0 Å². The third kappa shape index (κ3) is 5.76. The molecule has 2 unspecified atom stereocenters. The van der Waals surface area contributed by atoms with Gasteiger partial charge in [-0.1, -0.05) is 19.3 Å². The number of nitrogens with two attached hydrogens (primary N) is 1. The van der Waals surface area contributed by atoms with Crippen LogP contribution in [0.5, 0.6) is 0 Å². The van der Waals surface area contributed by atoms with E-state index >= 15 is 4.39 Å². The van der Waals surface area contributed by atoms with Crippen molar-refractivity contribution >= 4 is 23.3 Å². The van der Waals surface area contributed by atoms with Gasteiger partial charge in [-0.3, -0.25) is 14.5 Å². The Bertz CT molecular complexity index is 1110. The molecule has 2 heterocycles.